The minimum absolute atomic E-state index is 0.0332. The number of benzene rings is 3. The van der Waals surface area contributed by atoms with E-state index in [1.807, 2.05) is 47.4 Å². The van der Waals surface area contributed by atoms with Crippen molar-refractivity contribution in [3.63, 3.8) is 0 Å². The van der Waals surface area contributed by atoms with Gasteiger partial charge >= 0.3 is 0 Å². The molecule has 152 valence electrons. The third kappa shape index (κ3) is 3.11. The van der Waals surface area contributed by atoms with Crippen molar-refractivity contribution in [1.82, 2.24) is 4.90 Å². The Morgan fingerprint density at radius 3 is 2.60 bits per heavy atom. The van der Waals surface area contributed by atoms with E-state index in [1.54, 1.807) is 25.3 Å². The maximum Gasteiger partial charge on any atom is 0.254 e. The molecule has 0 radical (unpaired) electrons. The molecule has 0 atom stereocenters. The summed E-state index contributed by atoms with van der Waals surface area (Å²) in [6, 6.07) is 19.1. The normalized spacial score (nSPS) is 17.5. The number of ether oxygens (including phenoxy) is 2. The number of ketones is 1. The van der Waals surface area contributed by atoms with Crippen LogP contribution < -0.4 is 9.47 Å². The summed E-state index contributed by atoms with van der Waals surface area (Å²) in [5.74, 6) is 1.38. The van der Waals surface area contributed by atoms with Crippen LogP contribution in [0, 0.1) is 0 Å². The first kappa shape index (κ1) is 18.7. The molecule has 1 fully saturated rings. The molecule has 30 heavy (non-hydrogen) atoms. The zero-order chi connectivity index (χ0) is 20.7. The third-order valence-corrected chi connectivity index (χ3v) is 6.28. The zero-order valence-electron chi connectivity index (χ0n) is 16.9. The van der Waals surface area contributed by atoms with Crippen LogP contribution in [0.3, 0.4) is 0 Å². The second-order valence-corrected chi connectivity index (χ2v) is 8.07. The van der Waals surface area contributed by atoms with Crippen molar-refractivity contribution in [2.75, 3.05) is 20.2 Å². The predicted octanol–water partition coefficient (Wildman–Crippen LogP) is 4.49. The smallest absolute Gasteiger partial charge is 0.254 e. The molecule has 5 heteroatoms. The monoisotopic (exact) mass is 401 g/mol. The van der Waals surface area contributed by atoms with Crippen molar-refractivity contribution in [1.29, 1.82) is 0 Å². The average molecular weight is 401 g/mol. The number of hydrogen-bond acceptors (Lipinski definition) is 4. The second-order valence-electron chi connectivity index (χ2n) is 8.07. The molecule has 3 aromatic carbocycles. The zero-order valence-corrected chi connectivity index (χ0v) is 16.9. The topological polar surface area (TPSA) is 55.8 Å². The fourth-order valence-corrected chi connectivity index (χ4v) is 4.58. The fourth-order valence-electron chi connectivity index (χ4n) is 4.58. The van der Waals surface area contributed by atoms with Crippen molar-refractivity contribution >= 4 is 22.5 Å². The molecule has 0 aliphatic carbocycles. The van der Waals surface area contributed by atoms with Crippen molar-refractivity contribution in [3.8, 4) is 11.5 Å². The number of likely N-dealkylation sites (tertiary alicyclic amines) is 1. The minimum atomic E-state index is -0.550. The van der Waals surface area contributed by atoms with Gasteiger partial charge in [-0.25, -0.2) is 0 Å². The average Bonchev–Trinajstić information content (AvgIpc) is 2.78. The SMILES string of the molecule is COc1ccc2c(c1)OC1(CCN(C(=O)c3cccc4ccccc34)CC1)CC2=O. The molecule has 3 aromatic rings. The van der Waals surface area contributed by atoms with Crippen LogP contribution in [-0.4, -0.2) is 42.4 Å². The van der Waals surface area contributed by atoms with Gasteiger partial charge in [0.05, 0.1) is 19.1 Å². The summed E-state index contributed by atoms with van der Waals surface area (Å²) in [6.07, 6.45) is 1.61. The van der Waals surface area contributed by atoms with E-state index in [9.17, 15) is 9.59 Å². The van der Waals surface area contributed by atoms with E-state index in [-0.39, 0.29) is 11.7 Å². The highest BCUT2D eigenvalue weighted by atomic mass is 16.5. The predicted molar refractivity (Wildman–Crippen MR) is 114 cm³/mol. The molecule has 1 amide bonds. The van der Waals surface area contributed by atoms with Gasteiger partial charge in [0.15, 0.2) is 5.78 Å². The Balaban J connectivity index is 1.36. The van der Waals surface area contributed by atoms with E-state index in [4.69, 9.17) is 9.47 Å². The van der Waals surface area contributed by atoms with Gasteiger partial charge in [-0.05, 0) is 29.0 Å². The Kier molecular flexibility index (Phi) is 4.46. The quantitative estimate of drug-likeness (QED) is 0.635. The minimum Gasteiger partial charge on any atom is -0.497 e. The van der Waals surface area contributed by atoms with Crippen molar-refractivity contribution in [2.45, 2.75) is 24.9 Å². The van der Waals surface area contributed by atoms with Crippen LogP contribution in [0.1, 0.15) is 40.0 Å². The molecule has 5 rings (SSSR count). The Morgan fingerprint density at radius 2 is 1.80 bits per heavy atom. The van der Waals surface area contributed by atoms with E-state index in [0.29, 0.717) is 49.4 Å². The van der Waals surface area contributed by atoms with Crippen LogP contribution >= 0.6 is 0 Å². The molecule has 2 aliphatic rings. The van der Waals surface area contributed by atoms with E-state index in [1.165, 1.54) is 0 Å². The summed E-state index contributed by atoms with van der Waals surface area (Å²) in [7, 11) is 1.60. The standard InChI is InChI=1S/C25H23NO4/c1-29-18-9-10-21-22(27)16-25(30-23(21)15-18)11-13-26(14-12-25)24(28)20-8-4-6-17-5-2-3-7-19(17)20/h2-10,15H,11-14,16H2,1H3. The van der Waals surface area contributed by atoms with Crippen molar-refractivity contribution in [2.24, 2.45) is 0 Å². The van der Waals surface area contributed by atoms with Gasteiger partial charge < -0.3 is 14.4 Å². The first-order valence-corrected chi connectivity index (χ1v) is 10.3. The Morgan fingerprint density at radius 1 is 1.03 bits per heavy atom. The summed E-state index contributed by atoms with van der Waals surface area (Å²) in [5, 5.41) is 2.03. The third-order valence-electron chi connectivity index (χ3n) is 6.28. The van der Waals surface area contributed by atoms with Gasteiger partial charge in [0.1, 0.15) is 17.1 Å². The van der Waals surface area contributed by atoms with Gasteiger partial charge in [0, 0.05) is 37.6 Å². The number of piperidine rings is 1. The van der Waals surface area contributed by atoms with E-state index >= 15 is 0 Å². The molecule has 1 saturated heterocycles. The molecule has 0 aromatic heterocycles. The van der Waals surface area contributed by atoms with E-state index in [2.05, 4.69) is 0 Å². The first-order chi connectivity index (χ1) is 14.6. The number of carbonyl (C=O) groups excluding carboxylic acids is 2. The molecule has 0 N–H and O–H groups in total. The summed E-state index contributed by atoms with van der Waals surface area (Å²) in [5.41, 5.74) is 0.780. The fraction of sp³-hybridized carbons (Fsp3) is 0.280. The van der Waals surface area contributed by atoms with Crippen LogP contribution in [-0.2, 0) is 0 Å². The Labute approximate surface area is 175 Å². The van der Waals surface area contributed by atoms with E-state index < -0.39 is 5.60 Å². The maximum atomic E-state index is 13.2. The lowest BCUT2D eigenvalue weighted by molar-refractivity contribution is -0.00576. The van der Waals surface area contributed by atoms with Crippen molar-refractivity contribution < 1.29 is 19.1 Å². The van der Waals surface area contributed by atoms with Crippen LogP contribution in [0.5, 0.6) is 11.5 Å². The van der Waals surface area contributed by atoms with E-state index in [0.717, 1.165) is 16.3 Å². The molecule has 2 heterocycles. The molecule has 0 unspecified atom stereocenters. The number of methoxy groups -OCH3 is 1. The molecule has 0 saturated carbocycles. The maximum absolute atomic E-state index is 13.2. The highest BCUT2D eigenvalue weighted by Gasteiger charge is 2.44. The Bertz CT molecular complexity index is 1140. The summed E-state index contributed by atoms with van der Waals surface area (Å²) >= 11 is 0. The number of Topliss-reactive ketones (excluding diaryl/α,β-unsaturated/α-hetero) is 1. The van der Waals surface area contributed by atoms with Crippen molar-refractivity contribution in [3.05, 3.63) is 71.8 Å². The largest absolute Gasteiger partial charge is 0.497 e. The van der Waals surface area contributed by atoms with Gasteiger partial charge in [-0.3, -0.25) is 9.59 Å². The molecule has 0 bridgehead atoms. The van der Waals surface area contributed by atoms with Gasteiger partial charge in [-0.2, -0.15) is 0 Å². The molecule has 1 spiro atoms. The number of carbonyl (C=O) groups is 2. The number of rotatable bonds is 2. The number of hydrogen-bond donors (Lipinski definition) is 0. The van der Waals surface area contributed by atoms with Gasteiger partial charge in [-0.15, -0.1) is 0 Å². The van der Waals surface area contributed by atoms with Gasteiger partial charge in [-0.1, -0.05) is 36.4 Å². The lowest BCUT2D eigenvalue weighted by Gasteiger charge is -2.44. The molecular formula is C25H23NO4. The summed E-state index contributed by atoms with van der Waals surface area (Å²) in [4.78, 5) is 27.9. The molecule has 5 nitrogen and oxygen atoms in total. The van der Waals surface area contributed by atoms with Crippen LogP contribution in [0.2, 0.25) is 0 Å². The lowest BCUT2D eigenvalue weighted by Crippen LogP contribution is -2.52. The Hall–Kier alpha value is -3.34. The first-order valence-electron chi connectivity index (χ1n) is 10.3. The highest BCUT2D eigenvalue weighted by Crippen LogP contribution is 2.41. The summed E-state index contributed by atoms with van der Waals surface area (Å²) < 4.78 is 11.6. The number of amides is 1. The van der Waals surface area contributed by atoms with Crippen LogP contribution in [0.4, 0.5) is 0 Å². The number of fused-ring (bicyclic) bond motifs is 2. The van der Waals surface area contributed by atoms with Crippen LogP contribution in [0.15, 0.2) is 60.7 Å². The summed E-state index contributed by atoms with van der Waals surface area (Å²) in [6.45, 7) is 1.13. The van der Waals surface area contributed by atoms with Gasteiger partial charge in [0.2, 0.25) is 0 Å². The highest BCUT2D eigenvalue weighted by molar-refractivity contribution is 6.07. The number of nitrogens with zero attached hydrogens (tertiary/aromatic N) is 1. The lowest BCUT2D eigenvalue weighted by atomic mass is 9.82. The second kappa shape index (κ2) is 7.17. The molecular weight excluding hydrogens is 378 g/mol. The molecule has 2 aliphatic heterocycles. The van der Waals surface area contributed by atoms with Crippen LogP contribution in [0.25, 0.3) is 10.8 Å². The van der Waals surface area contributed by atoms with Gasteiger partial charge in [0.25, 0.3) is 5.91 Å².